The van der Waals surface area contributed by atoms with Gasteiger partial charge in [0.15, 0.2) is 5.78 Å². The first-order valence-electron chi connectivity index (χ1n) is 10.1. The molecule has 0 unspecified atom stereocenters. The summed E-state index contributed by atoms with van der Waals surface area (Å²) in [6, 6.07) is 7.90. The Kier molecular flexibility index (Phi) is 4.26. The van der Waals surface area contributed by atoms with Crippen molar-refractivity contribution in [3.63, 3.8) is 0 Å². The minimum atomic E-state index is 0.0995. The third kappa shape index (κ3) is 3.13. The smallest absolute Gasteiger partial charge is 0.242 e. The van der Waals surface area contributed by atoms with Crippen molar-refractivity contribution in [3.8, 4) is 0 Å². The maximum absolute atomic E-state index is 13.0. The van der Waals surface area contributed by atoms with E-state index in [1.54, 1.807) is 6.20 Å². The van der Waals surface area contributed by atoms with Gasteiger partial charge in [-0.15, -0.1) is 0 Å². The lowest BCUT2D eigenvalue weighted by Crippen LogP contribution is -2.41. The van der Waals surface area contributed by atoms with Crippen LogP contribution >= 0.6 is 0 Å². The highest BCUT2D eigenvalue weighted by Crippen LogP contribution is 2.35. The highest BCUT2D eigenvalue weighted by Gasteiger charge is 2.32. The fraction of sp³-hybridized carbons (Fsp3) is 0.409. The Bertz CT molecular complexity index is 1020. The topological polar surface area (TPSA) is 71.0 Å². The van der Waals surface area contributed by atoms with Gasteiger partial charge in [0.1, 0.15) is 12.4 Å². The number of H-pyrrole nitrogens is 1. The molecule has 1 saturated heterocycles. The van der Waals surface area contributed by atoms with Crippen LogP contribution in [0.5, 0.6) is 0 Å². The van der Waals surface area contributed by atoms with Gasteiger partial charge in [0.05, 0.1) is 0 Å². The van der Waals surface area contributed by atoms with Gasteiger partial charge in [-0.2, -0.15) is 0 Å². The predicted octanol–water partition coefficient (Wildman–Crippen LogP) is 3.36. The number of benzene rings is 1. The van der Waals surface area contributed by atoms with Gasteiger partial charge in [-0.05, 0) is 31.7 Å². The molecule has 1 saturated carbocycles. The standard InChI is InChI=1S/C22H24N4O2/c27-20(25-11-3-4-16(12-25)22-23-9-10-24-22)14-26-13-18(21(28)15-7-8-15)17-5-1-2-6-19(17)26/h1-2,5-6,9-10,13,15-16H,3-4,7-8,11-12,14H2,(H,23,24)/t16-/m0/s1. The number of hydrogen-bond donors (Lipinski definition) is 1. The number of carbonyl (C=O) groups is 2. The van der Waals surface area contributed by atoms with Crippen LogP contribution in [0.4, 0.5) is 0 Å². The van der Waals surface area contributed by atoms with E-state index in [0.717, 1.165) is 54.5 Å². The molecule has 6 nitrogen and oxygen atoms in total. The van der Waals surface area contributed by atoms with Crippen LogP contribution in [-0.4, -0.2) is 44.2 Å². The Balaban J connectivity index is 1.37. The minimum Gasteiger partial charge on any atom is -0.348 e. The summed E-state index contributed by atoms with van der Waals surface area (Å²) in [6.45, 7) is 1.74. The number of nitrogens with zero attached hydrogens (tertiary/aromatic N) is 3. The molecular weight excluding hydrogens is 352 g/mol. The molecule has 2 aliphatic rings. The van der Waals surface area contributed by atoms with E-state index in [1.807, 2.05) is 46.1 Å². The lowest BCUT2D eigenvalue weighted by Gasteiger charge is -2.32. The van der Waals surface area contributed by atoms with Crippen molar-refractivity contribution in [2.45, 2.75) is 38.1 Å². The number of nitrogens with one attached hydrogen (secondary N) is 1. The largest absolute Gasteiger partial charge is 0.348 e. The summed E-state index contributed by atoms with van der Waals surface area (Å²) >= 11 is 0. The van der Waals surface area contributed by atoms with E-state index in [-0.39, 0.29) is 30.1 Å². The lowest BCUT2D eigenvalue weighted by atomic mass is 9.97. The third-order valence-electron chi connectivity index (χ3n) is 5.99. The molecule has 2 aromatic heterocycles. The van der Waals surface area contributed by atoms with E-state index in [4.69, 9.17) is 0 Å². The van der Waals surface area contributed by atoms with Gasteiger partial charge in [0.2, 0.25) is 5.91 Å². The van der Waals surface area contributed by atoms with Crippen LogP contribution in [0.3, 0.4) is 0 Å². The monoisotopic (exact) mass is 376 g/mol. The number of carbonyl (C=O) groups excluding carboxylic acids is 2. The molecule has 144 valence electrons. The predicted molar refractivity (Wildman–Crippen MR) is 106 cm³/mol. The maximum atomic E-state index is 13.0. The second-order valence-corrected chi connectivity index (χ2v) is 7.98. The number of hydrogen-bond acceptors (Lipinski definition) is 3. The first-order chi connectivity index (χ1) is 13.7. The van der Waals surface area contributed by atoms with Gasteiger partial charge in [-0.25, -0.2) is 4.98 Å². The summed E-state index contributed by atoms with van der Waals surface area (Å²) in [4.78, 5) is 35.2. The molecule has 1 aliphatic carbocycles. The molecule has 6 heteroatoms. The Morgan fingerprint density at radius 1 is 1.18 bits per heavy atom. The van der Waals surface area contributed by atoms with Gasteiger partial charge < -0.3 is 14.5 Å². The number of amides is 1. The highest BCUT2D eigenvalue weighted by atomic mass is 16.2. The Labute approximate surface area is 163 Å². The van der Waals surface area contributed by atoms with Crippen molar-refractivity contribution in [1.29, 1.82) is 0 Å². The molecule has 2 fully saturated rings. The summed E-state index contributed by atoms with van der Waals surface area (Å²) in [5, 5.41) is 0.958. The molecule has 5 rings (SSSR count). The number of likely N-dealkylation sites (tertiary alicyclic amines) is 1. The van der Waals surface area contributed by atoms with Gasteiger partial charge >= 0.3 is 0 Å². The first-order valence-corrected chi connectivity index (χ1v) is 10.1. The normalized spacial score (nSPS) is 19.9. The molecule has 1 N–H and O–H groups in total. The second-order valence-electron chi connectivity index (χ2n) is 7.98. The number of ketones is 1. The molecule has 1 aliphatic heterocycles. The molecule has 0 radical (unpaired) electrons. The zero-order valence-corrected chi connectivity index (χ0v) is 15.8. The van der Waals surface area contributed by atoms with Crippen molar-refractivity contribution in [2.75, 3.05) is 13.1 Å². The van der Waals surface area contributed by atoms with Crippen LogP contribution in [-0.2, 0) is 11.3 Å². The van der Waals surface area contributed by atoms with Gasteiger partial charge in [-0.3, -0.25) is 9.59 Å². The van der Waals surface area contributed by atoms with Crippen molar-refractivity contribution >= 4 is 22.6 Å². The maximum Gasteiger partial charge on any atom is 0.242 e. The highest BCUT2D eigenvalue weighted by molar-refractivity contribution is 6.10. The van der Waals surface area contributed by atoms with E-state index in [9.17, 15) is 9.59 Å². The van der Waals surface area contributed by atoms with Crippen molar-refractivity contribution < 1.29 is 9.59 Å². The first kappa shape index (κ1) is 17.2. The Morgan fingerprint density at radius 2 is 2.04 bits per heavy atom. The van der Waals surface area contributed by atoms with Gasteiger partial charge in [0, 0.05) is 60.0 Å². The second kappa shape index (κ2) is 6.93. The Morgan fingerprint density at radius 3 is 2.82 bits per heavy atom. The van der Waals surface area contributed by atoms with Crippen LogP contribution < -0.4 is 0 Å². The minimum absolute atomic E-state index is 0.0995. The quantitative estimate of drug-likeness (QED) is 0.694. The van der Waals surface area contributed by atoms with Crippen molar-refractivity contribution in [3.05, 3.63) is 54.2 Å². The van der Waals surface area contributed by atoms with Crippen LogP contribution in [0.15, 0.2) is 42.9 Å². The van der Waals surface area contributed by atoms with E-state index in [1.165, 1.54) is 0 Å². The fourth-order valence-corrected chi connectivity index (χ4v) is 4.31. The van der Waals surface area contributed by atoms with E-state index in [2.05, 4.69) is 9.97 Å². The molecule has 3 heterocycles. The Hall–Kier alpha value is -2.89. The molecule has 3 aromatic rings. The number of fused-ring (bicyclic) bond motifs is 1. The summed E-state index contributed by atoms with van der Waals surface area (Å²) in [5.41, 5.74) is 1.72. The summed E-state index contributed by atoms with van der Waals surface area (Å²) < 4.78 is 1.95. The molecule has 0 spiro atoms. The van der Waals surface area contributed by atoms with Crippen LogP contribution in [0.1, 0.15) is 47.8 Å². The zero-order chi connectivity index (χ0) is 19.1. The zero-order valence-electron chi connectivity index (χ0n) is 15.8. The molecular formula is C22H24N4O2. The lowest BCUT2D eigenvalue weighted by molar-refractivity contribution is -0.133. The van der Waals surface area contributed by atoms with Gasteiger partial charge in [0.25, 0.3) is 0 Å². The van der Waals surface area contributed by atoms with Gasteiger partial charge in [-0.1, -0.05) is 18.2 Å². The number of para-hydroxylation sites is 1. The number of aromatic amines is 1. The van der Waals surface area contributed by atoms with Crippen LogP contribution in [0, 0.1) is 5.92 Å². The van der Waals surface area contributed by atoms with Crippen molar-refractivity contribution in [1.82, 2.24) is 19.4 Å². The number of piperidine rings is 1. The molecule has 0 bridgehead atoms. The summed E-state index contributed by atoms with van der Waals surface area (Å²) in [5.74, 6) is 1.72. The van der Waals surface area contributed by atoms with Crippen LogP contribution in [0.2, 0.25) is 0 Å². The van der Waals surface area contributed by atoms with E-state index < -0.39 is 0 Å². The van der Waals surface area contributed by atoms with Crippen LogP contribution in [0.25, 0.3) is 10.9 Å². The summed E-state index contributed by atoms with van der Waals surface area (Å²) in [7, 11) is 0. The number of rotatable bonds is 5. The number of aromatic nitrogens is 3. The fourth-order valence-electron chi connectivity index (χ4n) is 4.31. The average molecular weight is 376 g/mol. The van der Waals surface area contributed by atoms with E-state index in [0.29, 0.717) is 6.54 Å². The van der Waals surface area contributed by atoms with Crippen molar-refractivity contribution in [2.24, 2.45) is 5.92 Å². The molecule has 1 atom stereocenters. The molecule has 1 aromatic carbocycles. The number of imidazole rings is 1. The molecule has 28 heavy (non-hydrogen) atoms. The third-order valence-corrected chi connectivity index (χ3v) is 5.99. The number of Topliss-reactive ketones (excluding diaryl/α,β-unsaturated/α-hetero) is 1. The SMILES string of the molecule is O=C(c1cn(CC(=O)N2CCC[C@H](c3ncc[nH]3)C2)c2ccccc12)C1CC1. The molecule has 1 amide bonds. The summed E-state index contributed by atoms with van der Waals surface area (Å²) in [6.07, 6.45) is 9.48. The average Bonchev–Trinajstić information content (AvgIpc) is 3.31. The van der Waals surface area contributed by atoms with E-state index >= 15 is 0 Å².